The lowest BCUT2D eigenvalue weighted by Gasteiger charge is -2.38. The number of aliphatic carboxylic acids is 2. The van der Waals surface area contributed by atoms with Crippen molar-refractivity contribution in [1.82, 2.24) is 15.3 Å². The highest BCUT2D eigenvalue weighted by molar-refractivity contribution is 7.99. The number of amides is 1. The molecule has 1 heterocycles. The summed E-state index contributed by atoms with van der Waals surface area (Å²) in [5.41, 5.74) is -2.34. The molecule has 1 amide bonds. The van der Waals surface area contributed by atoms with Crippen LogP contribution in [0.4, 0.5) is 4.79 Å². The molecule has 2 aromatic rings. The summed E-state index contributed by atoms with van der Waals surface area (Å²) >= 11 is 13.3. The van der Waals surface area contributed by atoms with Gasteiger partial charge in [-0.1, -0.05) is 41.0 Å². The Morgan fingerprint density at radius 3 is 2.50 bits per heavy atom. The van der Waals surface area contributed by atoms with Crippen molar-refractivity contribution in [2.24, 2.45) is 17.8 Å². The van der Waals surface area contributed by atoms with Crippen LogP contribution in [0.15, 0.2) is 35.7 Å². The zero-order valence-electron chi connectivity index (χ0n) is 19.5. The molecule has 10 nitrogen and oxygen atoms in total. The Morgan fingerprint density at radius 1 is 1.22 bits per heavy atom. The standard InChI is InChI=1S/C23H25Cl2N3O7S/c1-22(2,3)35-21(33)28-23(19(31)32)15-13(14(15)18(29)30)16(36-20-26-6-7-27-20)17(23)34-9-10-4-5-11(24)12(25)8-10/h4-8,13-17H,9H2,1-3H3,(H,26,27)(H,28,33)(H,29,30)(H,31,32)/t13-,14-,15-,16-,17+,23+/m0/s1. The quantitative estimate of drug-likeness (QED) is 0.376. The van der Waals surface area contributed by atoms with Gasteiger partial charge >= 0.3 is 18.0 Å². The number of alkyl carbamates (subject to hydrolysis) is 1. The van der Waals surface area contributed by atoms with E-state index < -0.39 is 58.3 Å². The molecule has 2 saturated carbocycles. The van der Waals surface area contributed by atoms with E-state index in [9.17, 15) is 24.6 Å². The highest BCUT2D eigenvalue weighted by atomic mass is 35.5. The van der Waals surface area contributed by atoms with Gasteiger partial charge in [-0.2, -0.15) is 0 Å². The van der Waals surface area contributed by atoms with Crippen LogP contribution < -0.4 is 5.32 Å². The molecule has 0 saturated heterocycles. The number of aromatic nitrogens is 2. The summed E-state index contributed by atoms with van der Waals surface area (Å²) in [6.07, 6.45) is 1.03. The second-order valence-electron chi connectivity index (χ2n) is 9.73. The molecular weight excluding hydrogens is 533 g/mol. The monoisotopic (exact) mass is 557 g/mol. The first-order valence-corrected chi connectivity index (χ1v) is 12.7. The number of hydrogen-bond acceptors (Lipinski definition) is 7. The minimum absolute atomic E-state index is 0.0566. The third-order valence-corrected chi connectivity index (χ3v) is 8.23. The number of H-pyrrole nitrogens is 1. The van der Waals surface area contributed by atoms with Crippen LogP contribution in [-0.2, 0) is 25.7 Å². The van der Waals surface area contributed by atoms with Crippen LogP contribution in [0, 0.1) is 17.8 Å². The Bertz CT molecular complexity index is 1170. The maximum atomic E-state index is 12.9. The van der Waals surface area contributed by atoms with Crippen molar-refractivity contribution in [3.8, 4) is 0 Å². The lowest BCUT2D eigenvalue weighted by atomic mass is 9.87. The van der Waals surface area contributed by atoms with Gasteiger partial charge in [-0.3, -0.25) is 4.79 Å². The number of nitrogens with zero attached hydrogens (tertiary/aromatic N) is 1. The van der Waals surface area contributed by atoms with Crippen molar-refractivity contribution in [3.05, 3.63) is 46.2 Å². The van der Waals surface area contributed by atoms with Crippen LogP contribution in [0.5, 0.6) is 0 Å². The molecule has 4 N–H and O–H groups in total. The number of hydrogen-bond donors (Lipinski definition) is 4. The molecule has 2 fully saturated rings. The topological polar surface area (TPSA) is 151 Å². The summed E-state index contributed by atoms with van der Waals surface area (Å²) in [4.78, 5) is 44.9. The highest BCUT2D eigenvalue weighted by Crippen LogP contribution is 2.66. The summed E-state index contributed by atoms with van der Waals surface area (Å²) in [6, 6.07) is 4.87. The Balaban J connectivity index is 1.73. The molecule has 1 aromatic heterocycles. The second kappa shape index (κ2) is 9.77. The van der Waals surface area contributed by atoms with Crippen molar-refractivity contribution in [2.45, 2.75) is 55.0 Å². The zero-order valence-corrected chi connectivity index (χ0v) is 21.9. The van der Waals surface area contributed by atoms with E-state index in [2.05, 4.69) is 15.3 Å². The predicted octanol–water partition coefficient (Wildman–Crippen LogP) is 4.07. The van der Waals surface area contributed by atoms with Crippen LogP contribution >= 0.6 is 35.0 Å². The predicted molar refractivity (Wildman–Crippen MR) is 131 cm³/mol. The summed E-state index contributed by atoms with van der Waals surface area (Å²) in [6.45, 7) is 4.87. The Hall–Kier alpha value is -2.47. The van der Waals surface area contributed by atoms with Gasteiger partial charge in [0.1, 0.15) is 11.7 Å². The van der Waals surface area contributed by atoms with Crippen LogP contribution in [0.3, 0.4) is 0 Å². The van der Waals surface area contributed by atoms with Gasteiger partial charge in [-0.25, -0.2) is 14.6 Å². The maximum Gasteiger partial charge on any atom is 0.408 e. The first-order valence-electron chi connectivity index (χ1n) is 11.0. The number of rotatable bonds is 8. The van der Waals surface area contributed by atoms with Crippen LogP contribution in [0.2, 0.25) is 10.0 Å². The number of fused-ring (bicyclic) bond motifs is 1. The molecule has 1 aromatic carbocycles. The number of benzene rings is 1. The van der Waals surface area contributed by atoms with Gasteiger partial charge in [0.05, 0.1) is 22.6 Å². The van der Waals surface area contributed by atoms with E-state index in [0.717, 1.165) is 0 Å². The summed E-state index contributed by atoms with van der Waals surface area (Å²) in [5, 5.41) is 23.3. The maximum absolute atomic E-state index is 12.9. The summed E-state index contributed by atoms with van der Waals surface area (Å²) in [5.74, 6) is -5.06. The van der Waals surface area contributed by atoms with Gasteiger partial charge in [0.15, 0.2) is 10.7 Å². The molecule has 0 bridgehead atoms. The van der Waals surface area contributed by atoms with Crippen molar-refractivity contribution in [2.75, 3.05) is 0 Å². The minimum atomic E-state index is -2.06. The number of thioether (sulfide) groups is 1. The normalized spacial score (nSPS) is 28.9. The molecule has 2 aliphatic carbocycles. The molecule has 0 spiro atoms. The fourth-order valence-corrected chi connectivity index (χ4v) is 6.62. The van der Waals surface area contributed by atoms with Gasteiger partial charge in [0, 0.05) is 23.6 Å². The number of aromatic amines is 1. The van der Waals surface area contributed by atoms with Gasteiger partial charge in [-0.15, -0.1) is 0 Å². The fourth-order valence-electron chi connectivity index (χ4n) is 4.87. The van der Waals surface area contributed by atoms with Crippen molar-refractivity contribution in [1.29, 1.82) is 0 Å². The number of carbonyl (C=O) groups is 3. The number of carboxylic acids is 2. The van der Waals surface area contributed by atoms with E-state index >= 15 is 0 Å². The number of ether oxygens (including phenoxy) is 2. The average molecular weight is 558 g/mol. The molecule has 0 unspecified atom stereocenters. The number of halogens is 2. The molecule has 13 heteroatoms. The van der Waals surface area contributed by atoms with Gasteiger partial charge < -0.3 is 30.0 Å². The lowest BCUT2D eigenvalue weighted by molar-refractivity contribution is -0.155. The summed E-state index contributed by atoms with van der Waals surface area (Å²) in [7, 11) is 0. The molecule has 6 atom stereocenters. The second-order valence-corrected chi connectivity index (χ2v) is 11.7. The van der Waals surface area contributed by atoms with E-state index in [1.807, 2.05) is 0 Å². The molecule has 4 rings (SSSR count). The molecule has 2 aliphatic rings. The molecule has 0 radical (unpaired) electrons. The number of imidazole rings is 1. The third kappa shape index (κ3) is 5.02. The van der Waals surface area contributed by atoms with Crippen molar-refractivity contribution in [3.63, 3.8) is 0 Å². The SMILES string of the molecule is CC(C)(C)OC(=O)N[C@]1(C(=O)O)[C@@H]2[C@@H](C(=O)O)[C@@H]2[C@H](Sc2ncc[nH]2)[C@H]1OCc1ccc(Cl)c(Cl)c1. The van der Waals surface area contributed by atoms with Crippen LogP contribution in [0.1, 0.15) is 26.3 Å². The summed E-state index contributed by atoms with van der Waals surface area (Å²) < 4.78 is 11.5. The third-order valence-electron chi connectivity index (χ3n) is 6.21. The Labute approximate surface area is 221 Å². The van der Waals surface area contributed by atoms with E-state index in [1.54, 1.807) is 45.2 Å². The van der Waals surface area contributed by atoms with E-state index in [-0.39, 0.29) is 6.61 Å². The van der Waals surface area contributed by atoms with Crippen LogP contribution in [-0.4, -0.2) is 60.7 Å². The first-order chi connectivity index (χ1) is 16.8. The molecular formula is C23H25Cl2N3O7S. The highest BCUT2D eigenvalue weighted by Gasteiger charge is 2.80. The van der Waals surface area contributed by atoms with Crippen molar-refractivity contribution < 1.29 is 34.1 Å². The van der Waals surface area contributed by atoms with E-state index in [1.165, 1.54) is 18.0 Å². The minimum Gasteiger partial charge on any atom is -0.481 e. The molecule has 0 aliphatic heterocycles. The van der Waals surface area contributed by atoms with E-state index in [0.29, 0.717) is 20.8 Å². The number of carboxylic acid groups (broad SMARTS) is 2. The van der Waals surface area contributed by atoms with Crippen LogP contribution in [0.25, 0.3) is 0 Å². The fraction of sp³-hybridized carbons (Fsp3) is 0.478. The van der Waals surface area contributed by atoms with Gasteiger partial charge in [0.25, 0.3) is 0 Å². The molecule has 194 valence electrons. The zero-order chi connectivity index (χ0) is 26.4. The number of nitrogens with one attached hydrogen (secondary N) is 2. The Morgan fingerprint density at radius 2 is 1.94 bits per heavy atom. The molecule has 36 heavy (non-hydrogen) atoms. The van der Waals surface area contributed by atoms with Crippen molar-refractivity contribution >= 4 is 53.0 Å². The Kier molecular flexibility index (Phi) is 7.22. The van der Waals surface area contributed by atoms with Gasteiger partial charge in [0.2, 0.25) is 0 Å². The van der Waals surface area contributed by atoms with Gasteiger partial charge in [-0.05, 0) is 44.4 Å². The number of carbonyl (C=O) groups excluding carboxylic acids is 1. The van der Waals surface area contributed by atoms with E-state index in [4.69, 9.17) is 32.7 Å². The first kappa shape index (κ1) is 26.6. The lowest BCUT2D eigenvalue weighted by Crippen LogP contribution is -2.65. The smallest absolute Gasteiger partial charge is 0.408 e. The average Bonchev–Trinajstić information content (AvgIpc) is 3.19. The largest absolute Gasteiger partial charge is 0.481 e.